The van der Waals surface area contributed by atoms with Gasteiger partial charge in [-0.25, -0.2) is 0 Å². The molecular weight excluding hydrogens is 254 g/mol. The van der Waals surface area contributed by atoms with Crippen molar-refractivity contribution in [2.45, 2.75) is 52.2 Å². The lowest BCUT2D eigenvalue weighted by Crippen LogP contribution is -2.49. The van der Waals surface area contributed by atoms with E-state index in [1.54, 1.807) is 13.8 Å². The number of esters is 1. The van der Waals surface area contributed by atoms with Gasteiger partial charge in [-0.15, -0.1) is 0 Å². The standard InChI is InChI=1S/C16H25NO3/c1-5-13-7-9-14(10-8-13)20-12(3)11-16(4,17)15(18)19-6-2/h7-10,12H,5-6,11,17H2,1-4H3. The normalized spacial score (nSPS) is 15.2. The Morgan fingerprint density at radius 1 is 1.30 bits per heavy atom. The Bertz CT molecular complexity index is 426. The molecule has 2 atom stereocenters. The van der Waals surface area contributed by atoms with Crippen molar-refractivity contribution in [1.82, 2.24) is 0 Å². The fourth-order valence-corrected chi connectivity index (χ4v) is 2.05. The van der Waals surface area contributed by atoms with Crippen LogP contribution in [-0.2, 0) is 16.0 Å². The fraction of sp³-hybridized carbons (Fsp3) is 0.562. The largest absolute Gasteiger partial charge is 0.491 e. The van der Waals surface area contributed by atoms with Crippen molar-refractivity contribution in [2.24, 2.45) is 5.73 Å². The van der Waals surface area contributed by atoms with Gasteiger partial charge in [-0.3, -0.25) is 4.79 Å². The third-order valence-corrected chi connectivity index (χ3v) is 3.12. The summed E-state index contributed by atoms with van der Waals surface area (Å²) >= 11 is 0. The van der Waals surface area contributed by atoms with Crippen LogP contribution in [0.5, 0.6) is 5.75 Å². The van der Waals surface area contributed by atoms with Crippen LogP contribution < -0.4 is 10.5 Å². The highest BCUT2D eigenvalue weighted by molar-refractivity contribution is 5.80. The SMILES string of the molecule is CCOC(=O)C(C)(N)CC(C)Oc1ccc(CC)cc1. The maximum Gasteiger partial charge on any atom is 0.325 e. The van der Waals surface area contributed by atoms with E-state index in [1.165, 1.54) is 5.56 Å². The molecule has 112 valence electrons. The topological polar surface area (TPSA) is 61.5 Å². The second-order valence-corrected chi connectivity index (χ2v) is 5.27. The predicted molar refractivity (Wildman–Crippen MR) is 79.8 cm³/mol. The van der Waals surface area contributed by atoms with E-state index in [0.29, 0.717) is 13.0 Å². The van der Waals surface area contributed by atoms with Gasteiger partial charge in [0.25, 0.3) is 0 Å². The monoisotopic (exact) mass is 279 g/mol. The Morgan fingerprint density at radius 2 is 1.90 bits per heavy atom. The highest BCUT2D eigenvalue weighted by atomic mass is 16.5. The van der Waals surface area contributed by atoms with Crippen molar-refractivity contribution >= 4 is 5.97 Å². The summed E-state index contributed by atoms with van der Waals surface area (Å²) in [5.74, 6) is 0.395. The van der Waals surface area contributed by atoms with Crippen molar-refractivity contribution < 1.29 is 14.3 Å². The van der Waals surface area contributed by atoms with Crippen molar-refractivity contribution in [2.75, 3.05) is 6.61 Å². The van der Waals surface area contributed by atoms with Gasteiger partial charge < -0.3 is 15.2 Å². The molecule has 1 rings (SSSR count). The molecule has 0 aliphatic rings. The third kappa shape index (κ3) is 4.85. The van der Waals surface area contributed by atoms with E-state index in [4.69, 9.17) is 15.2 Å². The summed E-state index contributed by atoms with van der Waals surface area (Å²) in [6.45, 7) is 7.78. The van der Waals surface area contributed by atoms with E-state index in [1.807, 2.05) is 31.2 Å². The van der Waals surface area contributed by atoms with Crippen LogP contribution in [0.25, 0.3) is 0 Å². The molecule has 0 fully saturated rings. The van der Waals surface area contributed by atoms with E-state index in [-0.39, 0.29) is 6.10 Å². The zero-order valence-electron chi connectivity index (χ0n) is 12.8. The van der Waals surface area contributed by atoms with Crippen LogP contribution in [0.4, 0.5) is 0 Å². The molecule has 0 spiro atoms. The second kappa shape index (κ2) is 7.29. The van der Waals surface area contributed by atoms with E-state index in [9.17, 15) is 4.79 Å². The van der Waals surface area contributed by atoms with Crippen molar-refractivity contribution in [3.05, 3.63) is 29.8 Å². The van der Waals surface area contributed by atoms with Gasteiger partial charge >= 0.3 is 5.97 Å². The summed E-state index contributed by atoms with van der Waals surface area (Å²) in [7, 11) is 0. The molecule has 2 unspecified atom stereocenters. The molecule has 4 nitrogen and oxygen atoms in total. The number of hydrogen-bond acceptors (Lipinski definition) is 4. The highest BCUT2D eigenvalue weighted by Crippen LogP contribution is 2.19. The van der Waals surface area contributed by atoms with Crippen molar-refractivity contribution in [3.63, 3.8) is 0 Å². The fourth-order valence-electron chi connectivity index (χ4n) is 2.05. The number of hydrogen-bond donors (Lipinski definition) is 1. The number of carbonyl (C=O) groups is 1. The first-order valence-corrected chi connectivity index (χ1v) is 7.10. The summed E-state index contributed by atoms with van der Waals surface area (Å²) in [5, 5.41) is 0. The molecule has 0 saturated carbocycles. The molecule has 0 bridgehead atoms. The van der Waals surface area contributed by atoms with E-state index in [0.717, 1.165) is 12.2 Å². The molecule has 0 radical (unpaired) electrons. The van der Waals surface area contributed by atoms with Crippen molar-refractivity contribution in [3.8, 4) is 5.75 Å². The number of benzene rings is 1. The zero-order chi connectivity index (χ0) is 15.2. The molecule has 0 aliphatic heterocycles. The maximum atomic E-state index is 11.7. The molecule has 20 heavy (non-hydrogen) atoms. The Labute approximate surface area is 121 Å². The Kier molecular flexibility index (Phi) is 6.02. The molecule has 0 amide bonds. The summed E-state index contributed by atoms with van der Waals surface area (Å²) in [4.78, 5) is 11.7. The van der Waals surface area contributed by atoms with Crippen LogP contribution in [0.3, 0.4) is 0 Å². The van der Waals surface area contributed by atoms with Gasteiger partial charge in [0.2, 0.25) is 0 Å². The highest BCUT2D eigenvalue weighted by Gasteiger charge is 2.32. The van der Waals surface area contributed by atoms with Crippen LogP contribution in [-0.4, -0.2) is 24.2 Å². The van der Waals surface area contributed by atoms with Crippen LogP contribution in [0, 0.1) is 0 Å². The molecular formula is C16H25NO3. The third-order valence-electron chi connectivity index (χ3n) is 3.12. The average molecular weight is 279 g/mol. The summed E-state index contributed by atoms with van der Waals surface area (Å²) < 4.78 is 10.8. The number of ether oxygens (including phenoxy) is 2. The smallest absolute Gasteiger partial charge is 0.325 e. The van der Waals surface area contributed by atoms with Crippen LogP contribution in [0.15, 0.2) is 24.3 Å². The minimum Gasteiger partial charge on any atom is -0.491 e. The van der Waals surface area contributed by atoms with Gasteiger partial charge in [0.05, 0.1) is 12.7 Å². The van der Waals surface area contributed by atoms with Gasteiger partial charge in [0.1, 0.15) is 11.3 Å². The van der Waals surface area contributed by atoms with Crippen LogP contribution in [0.1, 0.15) is 39.7 Å². The lowest BCUT2D eigenvalue weighted by atomic mass is 9.96. The minimum atomic E-state index is -1.03. The Morgan fingerprint density at radius 3 is 2.40 bits per heavy atom. The van der Waals surface area contributed by atoms with Gasteiger partial charge in [-0.05, 0) is 44.9 Å². The molecule has 0 aliphatic carbocycles. The molecule has 1 aromatic rings. The molecule has 1 aromatic carbocycles. The first-order chi connectivity index (χ1) is 9.39. The van der Waals surface area contributed by atoms with Crippen LogP contribution in [0.2, 0.25) is 0 Å². The predicted octanol–water partition coefficient (Wildman–Crippen LogP) is 2.69. The molecule has 4 heteroatoms. The minimum absolute atomic E-state index is 0.165. The quantitative estimate of drug-likeness (QED) is 0.779. The maximum absolute atomic E-state index is 11.7. The van der Waals surface area contributed by atoms with Gasteiger partial charge in [0.15, 0.2) is 0 Å². The Balaban J connectivity index is 2.57. The zero-order valence-corrected chi connectivity index (χ0v) is 12.8. The molecule has 0 aromatic heterocycles. The van der Waals surface area contributed by atoms with E-state index >= 15 is 0 Å². The number of aryl methyl sites for hydroxylation is 1. The van der Waals surface area contributed by atoms with Crippen molar-refractivity contribution in [1.29, 1.82) is 0 Å². The van der Waals surface area contributed by atoms with Gasteiger partial charge in [-0.2, -0.15) is 0 Å². The molecule has 0 saturated heterocycles. The molecule has 0 heterocycles. The summed E-state index contributed by atoms with van der Waals surface area (Å²) in [6, 6.07) is 7.95. The lowest BCUT2D eigenvalue weighted by Gasteiger charge is -2.26. The number of nitrogens with two attached hydrogens (primary N) is 1. The number of carbonyl (C=O) groups excluding carboxylic acids is 1. The van der Waals surface area contributed by atoms with E-state index in [2.05, 4.69) is 6.92 Å². The molecule has 2 N–H and O–H groups in total. The lowest BCUT2D eigenvalue weighted by molar-refractivity contribution is -0.149. The number of rotatable bonds is 7. The first-order valence-electron chi connectivity index (χ1n) is 7.10. The first kappa shape index (κ1) is 16.5. The average Bonchev–Trinajstić information content (AvgIpc) is 2.39. The summed E-state index contributed by atoms with van der Waals surface area (Å²) in [5.41, 5.74) is 6.23. The van der Waals surface area contributed by atoms with Gasteiger partial charge in [-0.1, -0.05) is 19.1 Å². The second-order valence-electron chi connectivity index (χ2n) is 5.27. The van der Waals surface area contributed by atoms with Gasteiger partial charge in [0, 0.05) is 6.42 Å². The summed E-state index contributed by atoms with van der Waals surface area (Å²) in [6.07, 6.45) is 1.24. The van der Waals surface area contributed by atoms with E-state index < -0.39 is 11.5 Å². The Hall–Kier alpha value is -1.55. The van der Waals surface area contributed by atoms with Crippen LogP contribution >= 0.6 is 0 Å².